The Hall–Kier alpha value is -1.45. The number of halogens is 1. The number of nitrogens with zero attached hydrogens (tertiary/aromatic N) is 1. The zero-order valence-corrected chi connectivity index (χ0v) is 13.1. The number of sulfonamides is 1. The lowest BCUT2D eigenvalue weighted by Gasteiger charge is -2.21. The van der Waals surface area contributed by atoms with E-state index in [1.807, 2.05) is 0 Å². The number of carboxylic acids is 1. The first-order valence-electron chi connectivity index (χ1n) is 5.38. The topological polar surface area (TPSA) is 118 Å². The largest absolute Gasteiger partial charge is 0.480 e. The number of primary amides is 1. The van der Waals surface area contributed by atoms with Crippen molar-refractivity contribution in [1.29, 1.82) is 0 Å². The van der Waals surface area contributed by atoms with E-state index in [0.29, 0.717) is 8.78 Å². The van der Waals surface area contributed by atoms with Gasteiger partial charge in [-0.1, -0.05) is 15.9 Å². The molecule has 0 bridgehead atoms. The van der Waals surface area contributed by atoms with E-state index in [2.05, 4.69) is 15.9 Å². The molecule has 1 unspecified atom stereocenters. The van der Waals surface area contributed by atoms with Crippen molar-refractivity contribution in [3.8, 4) is 0 Å². The molecule has 0 heterocycles. The van der Waals surface area contributed by atoms with Crippen LogP contribution in [0.15, 0.2) is 27.6 Å². The molecule has 3 N–H and O–H groups in total. The van der Waals surface area contributed by atoms with Gasteiger partial charge in [0.15, 0.2) is 0 Å². The highest BCUT2D eigenvalue weighted by Gasteiger charge is 2.30. The third-order valence-corrected chi connectivity index (χ3v) is 5.10. The minimum absolute atomic E-state index is 0.00864. The fourth-order valence-corrected chi connectivity index (χ4v) is 3.42. The van der Waals surface area contributed by atoms with Gasteiger partial charge < -0.3 is 10.8 Å². The van der Waals surface area contributed by atoms with Crippen molar-refractivity contribution < 1.29 is 23.1 Å². The van der Waals surface area contributed by atoms with Gasteiger partial charge in [-0.2, -0.15) is 4.31 Å². The zero-order valence-electron chi connectivity index (χ0n) is 10.7. The summed E-state index contributed by atoms with van der Waals surface area (Å²) in [5, 5.41) is 8.87. The summed E-state index contributed by atoms with van der Waals surface area (Å²) in [6.07, 6.45) is 0. The summed E-state index contributed by atoms with van der Waals surface area (Å²) >= 11 is 3.08. The normalized spacial score (nSPS) is 13.2. The summed E-state index contributed by atoms with van der Waals surface area (Å²) < 4.78 is 25.7. The van der Waals surface area contributed by atoms with Crippen LogP contribution in [-0.4, -0.2) is 42.8 Å². The number of likely N-dealkylation sites (N-methyl/N-ethyl adjacent to an activating group) is 1. The summed E-state index contributed by atoms with van der Waals surface area (Å²) in [4.78, 5) is 21.8. The Labute approximate surface area is 124 Å². The summed E-state index contributed by atoms with van der Waals surface area (Å²) in [5.41, 5.74) is 5.13. The number of hydrogen-bond acceptors (Lipinski definition) is 4. The molecule has 1 rings (SSSR count). The summed E-state index contributed by atoms with van der Waals surface area (Å²) in [6, 6.07) is 2.51. The maximum atomic E-state index is 12.3. The van der Waals surface area contributed by atoms with Gasteiger partial charge in [-0.25, -0.2) is 8.42 Å². The van der Waals surface area contributed by atoms with Crippen LogP contribution < -0.4 is 5.73 Å². The number of rotatable bonds is 5. The Balaban J connectivity index is 3.36. The number of carbonyl (C=O) groups excluding carboxylic acids is 1. The average molecular weight is 365 g/mol. The van der Waals surface area contributed by atoms with Crippen molar-refractivity contribution in [2.75, 3.05) is 7.05 Å². The highest BCUT2D eigenvalue weighted by Crippen LogP contribution is 2.23. The van der Waals surface area contributed by atoms with Gasteiger partial charge in [0.05, 0.1) is 4.90 Å². The van der Waals surface area contributed by atoms with Crippen LogP contribution in [0.3, 0.4) is 0 Å². The Kier molecular flexibility index (Phi) is 4.90. The Morgan fingerprint density at radius 2 is 1.90 bits per heavy atom. The average Bonchev–Trinajstić information content (AvgIpc) is 2.35. The Morgan fingerprint density at radius 3 is 2.35 bits per heavy atom. The van der Waals surface area contributed by atoms with Gasteiger partial charge in [-0.05, 0) is 25.1 Å². The molecule has 1 aromatic rings. The number of benzene rings is 1. The summed E-state index contributed by atoms with van der Waals surface area (Å²) in [6.45, 7) is 1.24. The van der Waals surface area contributed by atoms with Crippen LogP contribution in [-0.2, 0) is 14.8 Å². The van der Waals surface area contributed by atoms with Crippen LogP contribution in [0.4, 0.5) is 0 Å². The van der Waals surface area contributed by atoms with E-state index in [1.54, 1.807) is 0 Å². The van der Waals surface area contributed by atoms with Gasteiger partial charge in [0.2, 0.25) is 15.9 Å². The lowest BCUT2D eigenvalue weighted by molar-refractivity contribution is -0.140. The van der Waals surface area contributed by atoms with Crippen molar-refractivity contribution in [3.63, 3.8) is 0 Å². The molecule has 0 saturated heterocycles. The minimum atomic E-state index is -4.05. The first kappa shape index (κ1) is 16.6. The van der Waals surface area contributed by atoms with E-state index in [0.717, 1.165) is 13.1 Å². The number of nitrogens with two attached hydrogens (primary N) is 1. The fraction of sp³-hybridized carbons (Fsp3) is 0.273. The second kappa shape index (κ2) is 5.90. The van der Waals surface area contributed by atoms with Gasteiger partial charge in [0.25, 0.3) is 0 Å². The van der Waals surface area contributed by atoms with Gasteiger partial charge in [0.1, 0.15) is 6.04 Å². The van der Waals surface area contributed by atoms with Crippen LogP contribution >= 0.6 is 15.9 Å². The quantitative estimate of drug-likeness (QED) is 0.794. The standard InChI is InChI=1S/C11H13BrN2O5S/c1-6(11(16)17)14(2)20(18,19)9-4-7(10(13)15)3-8(12)5-9/h3-6H,1-2H3,(H2,13,15)(H,16,17). The van der Waals surface area contributed by atoms with E-state index < -0.39 is 27.9 Å². The molecule has 110 valence electrons. The molecular formula is C11H13BrN2O5S. The smallest absolute Gasteiger partial charge is 0.321 e. The molecule has 0 aliphatic carbocycles. The summed E-state index contributed by atoms with van der Waals surface area (Å²) in [7, 11) is -2.90. The number of carbonyl (C=O) groups is 2. The van der Waals surface area contributed by atoms with Crippen molar-refractivity contribution in [2.24, 2.45) is 5.73 Å². The molecule has 0 spiro atoms. The molecule has 0 aliphatic rings. The number of amides is 1. The second-order valence-electron chi connectivity index (χ2n) is 4.08. The monoisotopic (exact) mass is 364 g/mol. The van der Waals surface area contributed by atoms with Gasteiger partial charge in [0, 0.05) is 17.1 Å². The molecule has 0 aromatic heterocycles. The molecule has 1 aromatic carbocycles. The number of hydrogen-bond donors (Lipinski definition) is 2. The highest BCUT2D eigenvalue weighted by atomic mass is 79.9. The molecular weight excluding hydrogens is 352 g/mol. The van der Waals surface area contributed by atoms with E-state index >= 15 is 0 Å². The lowest BCUT2D eigenvalue weighted by atomic mass is 10.2. The van der Waals surface area contributed by atoms with Crippen LogP contribution in [0.2, 0.25) is 0 Å². The minimum Gasteiger partial charge on any atom is -0.480 e. The number of carboxylic acid groups (broad SMARTS) is 1. The van der Waals surface area contributed by atoms with Gasteiger partial charge in [-0.15, -0.1) is 0 Å². The molecule has 0 radical (unpaired) electrons. The van der Waals surface area contributed by atoms with Crippen LogP contribution in [0.25, 0.3) is 0 Å². The Morgan fingerprint density at radius 1 is 1.35 bits per heavy atom. The molecule has 0 saturated carbocycles. The molecule has 9 heteroatoms. The van der Waals surface area contributed by atoms with E-state index in [4.69, 9.17) is 10.8 Å². The SMILES string of the molecule is CC(C(=O)O)N(C)S(=O)(=O)c1cc(Br)cc(C(N)=O)c1. The molecule has 0 fully saturated rings. The lowest BCUT2D eigenvalue weighted by Crippen LogP contribution is -2.40. The third kappa shape index (κ3) is 3.35. The maximum absolute atomic E-state index is 12.3. The first-order valence-corrected chi connectivity index (χ1v) is 7.62. The van der Waals surface area contributed by atoms with E-state index in [9.17, 15) is 18.0 Å². The molecule has 0 aliphatic heterocycles. The van der Waals surface area contributed by atoms with Crippen LogP contribution in [0.5, 0.6) is 0 Å². The van der Waals surface area contributed by atoms with Gasteiger partial charge in [-0.3, -0.25) is 9.59 Å². The molecule has 1 amide bonds. The fourth-order valence-electron chi connectivity index (χ4n) is 1.38. The van der Waals surface area contributed by atoms with Crippen molar-refractivity contribution in [1.82, 2.24) is 4.31 Å². The van der Waals surface area contributed by atoms with Gasteiger partial charge >= 0.3 is 5.97 Å². The van der Waals surface area contributed by atoms with Crippen LogP contribution in [0, 0.1) is 0 Å². The first-order chi connectivity index (χ1) is 9.07. The molecule has 1 atom stereocenters. The van der Waals surface area contributed by atoms with E-state index in [-0.39, 0.29) is 10.5 Å². The highest BCUT2D eigenvalue weighted by molar-refractivity contribution is 9.10. The molecule has 7 nitrogen and oxygen atoms in total. The van der Waals surface area contributed by atoms with Crippen molar-refractivity contribution in [2.45, 2.75) is 17.9 Å². The van der Waals surface area contributed by atoms with Crippen LogP contribution in [0.1, 0.15) is 17.3 Å². The van der Waals surface area contributed by atoms with Crippen molar-refractivity contribution >= 4 is 37.8 Å². The summed E-state index contributed by atoms with van der Waals surface area (Å²) in [5.74, 6) is -2.06. The zero-order chi connectivity index (χ0) is 15.7. The predicted molar refractivity (Wildman–Crippen MR) is 74.7 cm³/mol. The maximum Gasteiger partial charge on any atom is 0.321 e. The second-order valence-corrected chi connectivity index (χ2v) is 6.99. The Bertz CT molecular complexity index is 659. The predicted octanol–water partition coefficient (Wildman–Crippen LogP) is 0.642. The number of aliphatic carboxylic acids is 1. The third-order valence-electron chi connectivity index (χ3n) is 2.74. The van der Waals surface area contributed by atoms with E-state index in [1.165, 1.54) is 19.1 Å². The molecule has 20 heavy (non-hydrogen) atoms. The van der Waals surface area contributed by atoms with Crippen molar-refractivity contribution in [3.05, 3.63) is 28.2 Å².